The van der Waals surface area contributed by atoms with E-state index in [9.17, 15) is 0 Å². The lowest BCUT2D eigenvalue weighted by Crippen LogP contribution is -2.22. The Morgan fingerprint density at radius 3 is 2.62 bits per heavy atom. The lowest BCUT2D eigenvalue weighted by Gasteiger charge is -2.35. The molecule has 0 heteroatoms. The Balaban J connectivity index is 2.14. The first kappa shape index (κ1) is 18.6. The summed E-state index contributed by atoms with van der Waals surface area (Å²) in [6, 6.07) is 6.80. The molecule has 0 nitrogen and oxygen atoms in total. The first-order chi connectivity index (χ1) is 11.6. The van der Waals surface area contributed by atoms with Crippen molar-refractivity contribution in [3.8, 4) is 0 Å². The fourth-order valence-corrected chi connectivity index (χ4v) is 3.79. The van der Waals surface area contributed by atoms with Gasteiger partial charge in [0.25, 0.3) is 0 Å². The van der Waals surface area contributed by atoms with Crippen molar-refractivity contribution in [3.63, 3.8) is 0 Å². The van der Waals surface area contributed by atoms with Crippen LogP contribution in [0.25, 0.3) is 6.08 Å². The number of hydrogen-bond donors (Lipinski definition) is 0. The van der Waals surface area contributed by atoms with Gasteiger partial charge in [0.05, 0.1) is 0 Å². The predicted molar refractivity (Wildman–Crippen MR) is 107 cm³/mol. The SMILES string of the molecule is C=C=C(Cc1ccc(C)c(/C=C\CC)c1)CC1(C=C)CCCCC1. The molecule has 0 heterocycles. The van der Waals surface area contributed by atoms with Gasteiger partial charge in [0.2, 0.25) is 0 Å². The van der Waals surface area contributed by atoms with Crippen LogP contribution in [0.5, 0.6) is 0 Å². The zero-order chi connectivity index (χ0) is 17.4. The summed E-state index contributed by atoms with van der Waals surface area (Å²) < 4.78 is 0. The normalized spacial score (nSPS) is 16.8. The van der Waals surface area contributed by atoms with Gasteiger partial charge in [0.15, 0.2) is 0 Å². The topological polar surface area (TPSA) is 0 Å². The molecule has 0 bridgehead atoms. The maximum absolute atomic E-state index is 4.14. The Morgan fingerprint density at radius 1 is 1.25 bits per heavy atom. The molecule has 0 N–H and O–H groups in total. The molecule has 0 spiro atoms. The Morgan fingerprint density at radius 2 is 2.00 bits per heavy atom. The van der Waals surface area contributed by atoms with Crippen LogP contribution in [0.4, 0.5) is 0 Å². The summed E-state index contributed by atoms with van der Waals surface area (Å²) in [5.74, 6) is 0. The van der Waals surface area contributed by atoms with E-state index in [0.717, 1.165) is 19.3 Å². The fraction of sp³-hybridized carbons (Fsp3) is 0.458. The number of allylic oxidation sites excluding steroid dienone is 3. The van der Waals surface area contributed by atoms with Crippen molar-refractivity contribution in [2.45, 2.75) is 65.2 Å². The third-order valence-electron chi connectivity index (χ3n) is 5.39. The molecule has 24 heavy (non-hydrogen) atoms. The van der Waals surface area contributed by atoms with Crippen LogP contribution in [0, 0.1) is 12.3 Å². The van der Waals surface area contributed by atoms with Crippen LogP contribution in [-0.2, 0) is 6.42 Å². The van der Waals surface area contributed by atoms with Gasteiger partial charge >= 0.3 is 0 Å². The van der Waals surface area contributed by atoms with E-state index in [4.69, 9.17) is 0 Å². The molecular weight excluding hydrogens is 288 g/mol. The van der Waals surface area contributed by atoms with Crippen molar-refractivity contribution in [3.05, 3.63) is 71.5 Å². The highest BCUT2D eigenvalue weighted by Crippen LogP contribution is 2.42. The highest BCUT2D eigenvalue weighted by molar-refractivity contribution is 5.55. The van der Waals surface area contributed by atoms with Gasteiger partial charge in [-0.1, -0.05) is 69.2 Å². The minimum atomic E-state index is 0.272. The second-order valence-corrected chi connectivity index (χ2v) is 7.26. The van der Waals surface area contributed by atoms with Crippen LogP contribution in [-0.4, -0.2) is 0 Å². The van der Waals surface area contributed by atoms with Gasteiger partial charge < -0.3 is 0 Å². The van der Waals surface area contributed by atoms with Crippen LogP contribution >= 0.6 is 0 Å². The van der Waals surface area contributed by atoms with Crippen LogP contribution in [0.15, 0.2) is 54.8 Å². The molecule has 1 aromatic carbocycles. The summed E-state index contributed by atoms with van der Waals surface area (Å²) in [5, 5.41) is 0. The van der Waals surface area contributed by atoms with Gasteiger partial charge in [-0.05, 0) is 60.3 Å². The van der Waals surface area contributed by atoms with E-state index in [1.807, 2.05) is 0 Å². The lowest BCUT2D eigenvalue weighted by atomic mass is 9.70. The number of rotatable bonds is 7. The monoisotopic (exact) mass is 320 g/mol. The first-order valence-electron chi connectivity index (χ1n) is 9.40. The fourth-order valence-electron chi connectivity index (χ4n) is 3.79. The molecule has 128 valence electrons. The van der Waals surface area contributed by atoms with Gasteiger partial charge in [-0.15, -0.1) is 12.3 Å². The molecule has 1 aliphatic carbocycles. The molecule has 1 aliphatic rings. The Kier molecular flexibility index (Phi) is 6.88. The smallest absolute Gasteiger partial charge is 0.000947 e. The summed E-state index contributed by atoms with van der Waals surface area (Å²) >= 11 is 0. The zero-order valence-electron chi connectivity index (χ0n) is 15.5. The maximum atomic E-state index is 4.14. The largest absolute Gasteiger partial charge is 0.129 e. The minimum absolute atomic E-state index is 0.272. The summed E-state index contributed by atoms with van der Waals surface area (Å²) in [4.78, 5) is 0. The minimum Gasteiger partial charge on any atom is -0.129 e. The van der Waals surface area contributed by atoms with Crippen molar-refractivity contribution in [2.75, 3.05) is 0 Å². The molecule has 1 aromatic rings. The molecule has 0 aliphatic heterocycles. The van der Waals surface area contributed by atoms with Gasteiger partial charge in [0.1, 0.15) is 0 Å². The second-order valence-electron chi connectivity index (χ2n) is 7.26. The lowest BCUT2D eigenvalue weighted by molar-refractivity contribution is 0.255. The third kappa shape index (κ3) is 4.86. The van der Waals surface area contributed by atoms with E-state index in [1.165, 1.54) is 54.4 Å². The molecule has 0 amide bonds. The summed E-state index contributed by atoms with van der Waals surface area (Å²) in [6.45, 7) is 12.5. The summed E-state index contributed by atoms with van der Waals surface area (Å²) in [5.41, 5.74) is 8.85. The van der Waals surface area contributed by atoms with Crippen molar-refractivity contribution < 1.29 is 0 Å². The molecule has 1 saturated carbocycles. The molecule has 2 rings (SSSR count). The van der Waals surface area contributed by atoms with Gasteiger partial charge in [0, 0.05) is 6.42 Å². The summed E-state index contributed by atoms with van der Waals surface area (Å²) in [7, 11) is 0. The van der Waals surface area contributed by atoms with Crippen molar-refractivity contribution in [1.82, 2.24) is 0 Å². The van der Waals surface area contributed by atoms with E-state index in [1.54, 1.807) is 0 Å². The highest BCUT2D eigenvalue weighted by atomic mass is 14.3. The quantitative estimate of drug-likeness (QED) is 0.368. The molecule has 0 saturated heterocycles. The molecule has 0 unspecified atom stereocenters. The van der Waals surface area contributed by atoms with E-state index in [0.29, 0.717) is 0 Å². The van der Waals surface area contributed by atoms with E-state index >= 15 is 0 Å². The molecular formula is C24H32. The molecule has 0 radical (unpaired) electrons. The van der Waals surface area contributed by atoms with Crippen LogP contribution in [0.2, 0.25) is 0 Å². The third-order valence-corrected chi connectivity index (χ3v) is 5.39. The standard InChI is InChI=1S/C24H32/c1-5-8-12-23-18-22(14-13-20(23)4)17-21(6-2)19-24(7-3)15-10-9-11-16-24/h7-8,12-14,18H,2-3,5,9-11,15-17,19H2,1,4H3/b12-8-. The Hall–Kier alpha value is -1.78. The molecule has 0 atom stereocenters. The van der Waals surface area contributed by atoms with E-state index in [2.05, 4.69) is 69.2 Å². The average molecular weight is 321 g/mol. The van der Waals surface area contributed by atoms with Crippen LogP contribution in [0.1, 0.15) is 68.6 Å². The number of benzene rings is 1. The van der Waals surface area contributed by atoms with Crippen molar-refractivity contribution in [1.29, 1.82) is 0 Å². The zero-order valence-corrected chi connectivity index (χ0v) is 15.5. The highest BCUT2D eigenvalue weighted by Gasteiger charge is 2.29. The first-order valence-corrected chi connectivity index (χ1v) is 9.40. The molecule has 0 aromatic heterocycles. The van der Waals surface area contributed by atoms with Crippen LogP contribution in [0.3, 0.4) is 0 Å². The number of hydrogen-bond acceptors (Lipinski definition) is 0. The van der Waals surface area contributed by atoms with Gasteiger partial charge in [-0.25, -0.2) is 0 Å². The van der Waals surface area contributed by atoms with E-state index < -0.39 is 0 Å². The number of aryl methyl sites for hydroxylation is 1. The van der Waals surface area contributed by atoms with Crippen molar-refractivity contribution >= 4 is 6.08 Å². The van der Waals surface area contributed by atoms with Gasteiger partial charge in [-0.2, -0.15) is 0 Å². The average Bonchev–Trinajstić information content (AvgIpc) is 2.62. The Bertz CT molecular complexity index is 632. The molecule has 1 fully saturated rings. The predicted octanol–water partition coefficient (Wildman–Crippen LogP) is 7.20. The van der Waals surface area contributed by atoms with Crippen LogP contribution < -0.4 is 0 Å². The second kappa shape index (κ2) is 8.90. The van der Waals surface area contributed by atoms with E-state index in [-0.39, 0.29) is 5.41 Å². The van der Waals surface area contributed by atoms with Crippen molar-refractivity contribution in [2.24, 2.45) is 5.41 Å². The van der Waals surface area contributed by atoms with Gasteiger partial charge in [-0.3, -0.25) is 0 Å². The Labute approximate surface area is 148 Å². The summed E-state index contributed by atoms with van der Waals surface area (Å²) in [6.07, 6.45) is 16.3. The maximum Gasteiger partial charge on any atom is 0.000947 e.